The van der Waals surface area contributed by atoms with Crippen LogP contribution in [0.25, 0.3) is 11.3 Å². The summed E-state index contributed by atoms with van der Waals surface area (Å²) in [6.45, 7) is 0.655. The van der Waals surface area contributed by atoms with Crippen molar-refractivity contribution >= 4 is 15.8 Å². The van der Waals surface area contributed by atoms with E-state index >= 15 is 0 Å². The van der Waals surface area contributed by atoms with E-state index in [0.29, 0.717) is 24.7 Å². The minimum atomic E-state index is -3.60. The summed E-state index contributed by atoms with van der Waals surface area (Å²) in [5.41, 5.74) is -0.143. The lowest BCUT2D eigenvalue weighted by molar-refractivity contribution is 0.0686. The molecule has 0 radical (unpaired) electrons. The molecule has 0 atom stereocenters. The quantitative estimate of drug-likeness (QED) is 0.895. The molecule has 3 rings (SSSR count). The highest BCUT2D eigenvalue weighted by Crippen LogP contribution is 2.39. The maximum Gasteiger partial charge on any atom is 0.358 e. The second-order valence-corrected chi connectivity index (χ2v) is 6.63. The molecule has 0 saturated carbocycles. The number of aromatic nitrogens is 1. The van der Waals surface area contributed by atoms with Gasteiger partial charge in [-0.1, -0.05) is 5.16 Å². The van der Waals surface area contributed by atoms with E-state index in [0.717, 1.165) is 12.3 Å². The van der Waals surface area contributed by atoms with E-state index in [-0.39, 0.29) is 21.9 Å². The van der Waals surface area contributed by atoms with E-state index in [9.17, 15) is 13.2 Å². The monoisotopic (exact) mass is 325 g/mol. The van der Waals surface area contributed by atoms with E-state index in [4.69, 9.17) is 19.1 Å². The number of rotatable bonds is 3. The molecule has 0 fully saturated rings. The molecule has 1 aromatic heterocycles. The van der Waals surface area contributed by atoms with Crippen molar-refractivity contribution < 1.29 is 32.3 Å². The van der Waals surface area contributed by atoms with Gasteiger partial charge in [0.15, 0.2) is 32.8 Å². The maximum absolute atomic E-state index is 12.0. The number of ether oxygens (including phenoxy) is 2. The van der Waals surface area contributed by atoms with Crippen molar-refractivity contribution in [3.05, 3.63) is 23.9 Å². The normalized spacial score (nSPS) is 13.9. The highest BCUT2D eigenvalue weighted by molar-refractivity contribution is 7.90. The zero-order valence-electron chi connectivity index (χ0n) is 11.4. The predicted octanol–water partition coefficient (Wildman–Crippen LogP) is 1.21. The molecule has 22 heavy (non-hydrogen) atoms. The van der Waals surface area contributed by atoms with Crippen LogP contribution in [0, 0.1) is 0 Å². The molecule has 1 aliphatic rings. The number of benzene rings is 1. The van der Waals surface area contributed by atoms with E-state index in [1.807, 2.05) is 0 Å². The Balaban J connectivity index is 2.21. The lowest BCUT2D eigenvalue weighted by Crippen LogP contribution is -2.16. The third-order valence-electron chi connectivity index (χ3n) is 3.04. The van der Waals surface area contributed by atoms with Gasteiger partial charge in [0.25, 0.3) is 0 Å². The Labute approximate surface area is 125 Å². The minimum Gasteiger partial charge on any atom is -0.486 e. The Hall–Kier alpha value is -2.55. The van der Waals surface area contributed by atoms with Crippen LogP contribution in [0.2, 0.25) is 0 Å². The Morgan fingerprint density at radius 1 is 1.18 bits per heavy atom. The van der Waals surface area contributed by atoms with E-state index in [2.05, 4.69) is 5.16 Å². The van der Waals surface area contributed by atoms with Crippen LogP contribution in [0.3, 0.4) is 0 Å². The second kappa shape index (κ2) is 5.02. The SMILES string of the molecule is CS(=O)(=O)c1cc2c(cc1-c1cc(C(=O)O)no1)OCCO2. The standard InChI is InChI=1S/C13H11NO7S/c1-22(17,18)12-6-11-10(19-2-3-20-11)4-7(12)9-5-8(13(15)16)14-21-9/h4-6H,2-3H2,1H3,(H,15,16). The average Bonchev–Trinajstić information content (AvgIpc) is 2.95. The number of hydrogen-bond acceptors (Lipinski definition) is 7. The lowest BCUT2D eigenvalue weighted by atomic mass is 10.1. The molecule has 1 aliphatic heterocycles. The van der Waals surface area contributed by atoms with Crippen molar-refractivity contribution in [1.29, 1.82) is 0 Å². The van der Waals surface area contributed by atoms with E-state index in [1.54, 1.807) is 0 Å². The first kappa shape index (κ1) is 14.4. The van der Waals surface area contributed by atoms with Crippen LogP contribution >= 0.6 is 0 Å². The summed E-state index contributed by atoms with van der Waals surface area (Å²) in [5, 5.41) is 12.3. The largest absolute Gasteiger partial charge is 0.486 e. The van der Waals surface area contributed by atoms with Gasteiger partial charge in [0.05, 0.1) is 4.90 Å². The zero-order valence-corrected chi connectivity index (χ0v) is 12.2. The first-order valence-corrected chi connectivity index (χ1v) is 8.09. The van der Waals surface area contributed by atoms with Crippen LogP contribution in [-0.4, -0.2) is 44.1 Å². The lowest BCUT2D eigenvalue weighted by Gasteiger charge is -2.20. The van der Waals surface area contributed by atoms with Gasteiger partial charge in [-0.05, 0) is 6.07 Å². The summed E-state index contributed by atoms with van der Waals surface area (Å²) in [5.74, 6) is -0.571. The molecule has 8 nitrogen and oxygen atoms in total. The number of carboxylic acids is 1. The summed E-state index contributed by atoms with van der Waals surface area (Å²) in [7, 11) is -3.60. The maximum atomic E-state index is 12.0. The molecule has 2 heterocycles. The summed E-state index contributed by atoms with van der Waals surface area (Å²) >= 11 is 0. The van der Waals surface area contributed by atoms with Gasteiger partial charge in [-0.2, -0.15) is 0 Å². The van der Waals surface area contributed by atoms with Gasteiger partial charge < -0.3 is 19.1 Å². The Kier molecular flexibility index (Phi) is 3.28. The van der Waals surface area contributed by atoms with Crippen molar-refractivity contribution in [1.82, 2.24) is 5.16 Å². The van der Waals surface area contributed by atoms with Crippen LogP contribution in [-0.2, 0) is 9.84 Å². The van der Waals surface area contributed by atoms with Crippen LogP contribution in [0.15, 0.2) is 27.6 Å². The minimum absolute atomic E-state index is 0.0230. The third kappa shape index (κ3) is 2.50. The van der Waals surface area contributed by atoms with Gasteiger partial charge >= 0.3 is 5.97 Å². The van der Waals surface area contributed by atoms with Crippen molar-refractivity contribution in [3.63, 3.8) is 0 Å². The number of nitrogens with zero attached hydrogens (tertiary/aromatic N) is 1. The molecule has 1 N–H and O–H groups in total. The van der Waals surface area contributed by atoms with Gasteiger partial charge in [-0.25, -0.2) is 13.2 Å². The van der Waals surface area contributed by atoms with Crippen LogP contribution in [0.1, 0.15) is 10.5 Å². The van der Waals surface area contributed by atoms with Crippen LogP contribution < -0.4 is 9.47 Å². The zero-order chi connectivity index (χ0) is 15.9. The number of aromatic carboxylic acids is 1. The molecule has 0 bridgehead atoms. The third-order valence-corrected chi connectivity index (χ3v) is 4.18. The number of carbonyl (C=O) groups is 1. The average molecular weight is 325 g/mol. The first-order chi connectivity index (χ1) is 10.4. The Morgan fingerprint density at radius 3 is 2.36 bits per heavy atom. The summed E-state index contributed by atoms with van der Waals surface area (Å²) in [4.78, 5) is 10.8. The van der Waals surface area contributed by atoms with Crippen molar-refractivity contribution in [2.75, 3.05) is 19.5 Å². The van der Waals surface area contributed by atoms with E-state index in [1.165, 1.54) is 12.1 Å². The topological polar surface area (TPSA) is 116 Å². The molecule has 2 aromatic rings. The number of sulfone groups is 1. The fraction of sp³-hybridized carbons (Fsp3) is 0.231. The molecule has 116 valence electrons. The van der Waals surface area contributed by atoms with Crippen LogP contribution in [0.4, 0.5) is 0 Å². The molecule has 0 aliphatic carbocycles. The fourth-order valence-electron chi connectivity index (χ4n) is 2.07. The van der Waals surface area contributed by atoms with Gasteiger partial charge in [0.2, 0.25) is 0 Å². The number of hydrogen-bond donors (Lipinski definition) is 1. The van der Waals surface area contributed by atoms with Crippen LogP contribution in [0.5, 0.6) is 11.5 Å². The molecule has 0 unspecified atom stereocenters. The number of fused-ring (bicyclic) bond motifs is 1. The fourth-order valence-corrected chi connectivity index (χ4v) is 2.95. The van der Waals surface area contributed by atoms with Crippen molar-refractivity contribution in [3.8, 4) is 22.8 Å². The van der Waals surface area contributed by atoms with Gasteiger partial charge in [0, 0.05) is 24.0 Å². The predicted molar refractivity (Wildman–Crippen MR) is 73.0 cm³/mol. The van der Waals surface area contributed by atoms with Crippen molar-refractivity contribution in [2.24, 2.45) is 0 Å². The van der Waals surface area contributed by atoms with E-state index < -0.39 is 15.8 Å². The Bertz CT molecular complexity index is 853. The van der Waals surface area contributed by atoms with Gasteiger partial charge in [-0.15, -0.1) is 0 Å². The number of carboxylic acid groups (broad SMARTS) is 1. The molecule has 0 spiro atoms. The Morgan fingerprint density at radius 2 is 1.82 bits per heavy atom. The molecule has 1 aromatic carbocycles. The highest BCUT2D eigenvalue weighted by atomic mass is 32.2. The summed E-state index contributed by atoms with van der Waals surface area (Å²) < 4.78 is 39.7. The first-order valence-electron chi connectivity index (χ1n) is 6.20. The van der Waals surface area contributed by atoms with Gasteiger partial charge in [0.1, 0.15) is 13.2 Å². The summed E-state index contributed by atoms with van der Waals surface area (Å²) in [6, 6.07) is 3.93. The van der Waals surface area contributed by atoms with Crippen molar-refractivity contribution in [2.45, 2.75) is 4.90 Å². The molecular weight excluding hydrogens is 314 g/mol. The molecule has 0 saturated heterocycles. The van der Waals surface area contributed by atoms with Gasteiger partial charge in [-0.3, -0.25) is 0 Å². The smallest absolute Gasteiger partial charge is 0.358 e. The molecule has 9 heteroatoms. The second-order valence-electron chi connectivity index (χ2n) is 4.65. The highest BCUT2D eigenvalue weighted by Gasteiger charge is 2.25. The molecule has 0 amide bonds. The summed E-state index contributed by atoms with van der Waals surface area (Å²) in [6.07, 6.45) is 1.04. The molecular formula is C13H11NO7S.